The van der Waals surface area contributed by atoms with Gasteiger partial charge in [-0.1, -0.05) is 60.2 Å². The first kappa shape index (κ1) is 22.3. The summed E-state index contributed by atoms with van der Waals surface area (Å²) < 4.78 is 5.70. The van der Waals surface area contributed by atoms with Crippen molar-refractivity contribution in [2.75, 3.05) is 11.9 Å². The predicted molar refractivity (Wildman–Crippen MR) is 131 cm³/mol. The molecule has 0 atom stereocenters. The van der Waals surface area contributed by atoms with Gasteiger partial charge in [-0.15, -0.1) is 0 Å². The first-order valence-corrected chi connectivity index (χ1v) is 11.2. The Balaban J connectivity index is 1.62. The summed E-state index contributed by atoms with van der Waals surface area (Å²) in [7, 11) is 0. The van der Waals surface area contributed by atoms with Crippen LogP contribution >= 0.6 is 0 Å². The average molecular weight is 441 g/mol. The highest BCUT2D eigenvalue weighted by Crippen LogP contribution is 2.31. The molecule has 0 fully saturated rings. The van der Waals surface area contributed by atoms with Crippen LogP contribution < -0.4 is 10.1 Å². The molecule has 0 spiro atoms. The molecule has 1 heterocycles. The number of amides is 2. The summed E-state index contributed by atoms with van der Waals surface area (Å²) in [6, 6.07) is 24.9. The number of ether oxygens (including phenoxy) is 1. The van der Waals surface area contributed by atoms with Gasteiger partial charge in [0.1, 0.15) is 11.4 Å². The number of benzene rings is 3. The van der Waals surface area contributed by atoms with Crippen LogP contribution in [0.15, 0.2) is 84.6 Å². The molecule has 0 saturated heterocycles. The van der Waals surface area contributed by atoms with Gasteiger partial charge in [0.15, 0.2) is 0 Å². The summed E-state index contributed by atoms with van der Waals surface area (Å²) in [5, 5.41) is 3.20. The molecule has 1 aliphatic heterocycles. The summed E-state index contributed by atoms with van der Waals surface area (Å²) in [6.45, 7) is 6.25. The fourth-order valence-corrected chi connectivity index (χ4v) is 3.80. The highest BCUT2D eigenvalue weighted by atomic mass is 16.5. The number of rotatable bonds is 8. The van der Waals surface area contributed by atoms with Crippen LogP contribution in [0.25, 0.3) is 5.57 Å². The van der Waals surface area contributed by atoms with Gasteiger partial charge in [0.05, 0.1) is 11.7 Å². The van der Waals surface area contributed by atoms with Crippen LogP contribution in [-0.2, 0) is 16.0 Å². The third-order valence-electron chi connectivity index (χ3n) is 5.47. The minimum absolute atomic E-state index is 0.0758. The van der Waals surface area contributed by atoms with Gasteiger partial charge < -0.3 is 10.1 Å². The normalized spacial score (nSPS) is 13.8. The summed E-state index contributed by atoms with van der Waals surface area (Å²) in [4.78, 5) is 28.1. The van der Waals surface area contributed by atoms with E-state index < -0.39 is 0 Å². The Morgan fingerprint density at radius 1 is 0.848 bits per heavy atom. The first-order valence-electron chi connectivity index (χ1n) is 11.2. The molecule has 33 heavy (non-hydrogen) atoms. The lowest BCUT2D eigenvalue weighted by Gasteiger charge is -2.15. The van der Waals surface area contributed by atoms with Gasteiger partial charge in [-0.25, -0.2) is 0 Å². The van der Waals surface area contributed by atoms with Crippen molar-refractivity contribution in [1.82, 2.24) is 4.90 Å². The summed E-state index contributed by atoms with van der Waals surface area (Å²) in [5.74, 6) is 0.164. The summed E-state index contributed by atoms with van der Waals surface area (Å²) in [6.07, 6.45) is 0.681. The Morgan fingerprint density at radius 2 is 1.52 bits per heavy atom. The van der Waals surface area contributed by atoms with Crippen LogP contribution in [0.4, 0.5) is 5.69 Å². The van der Waals surface area contributed by atoms with Gasteiger partial charge in [-0.3, -0.25) is 14.5 Å². The molecule has 3 aromatic carbocycles. The molecule has 4 rings (SSSR count). The predicted octanol–water partition coefficient (Wildman–Crippen LogP) is 5.22. The van der Waals surface area contributed by atoms with E-state index in [0.717, 1.165) is 28.1 Å². The zero-order valence-electron chi connectivity index (χ0n) is 19.2. The van der Waals surface area contributed by atoms with Gasteiger partial charge >= 0.3 is 0 Å². The van der Waals surface area contributed by atoms with Crippen LogP contribution in [0.2, 0.25) is 0 Å². The van der Waals surface area contributed by atoms with Crippen molar-refractivity contribution in [2.24, 2.45) is 0 Å². The maximum absolute atomic E-state index is 13.4. The van der Waals surface area contributed by atoms with Crippen molar-refractivity contribution in [3.8, 4) is 5.75 Å². The third kappa shape index (κ3) is 5.14. The Bertz CT molecular complexity index is 1160. The second-order valence-corrected chi connectivity index (χ2v) is 8.43. The molecule has 168 valence electrons. The molecule has 1 N–H and O–H groups in total. The van der Waals surface area contributed by atoms with E-state index in [1.54, 1.807) is 0 Å². The number of imide groups is 1. The molecule has 0 saturated carbocycles. The summed E-state index contributed by atoms with van der Waals surface area (Å²) >= 11 is 0. The Kier molecular flexibility index (Phi) is 6.59. The monoisotopic (exact) mass is 440 g/mol. The zero-order valence-corrected chi connectivity index (χ0v) is 19.2. The van der Waals surface area contributed by atoms with Crippen molar-refractivity contribution in [3.05, 3.63) is 101 Å². The number of anilines is 1. The van der Waals surface area contributed by atoms with E-state index in [4.69, 9.17) is 4.74 Å². The maximum atomic E-state index is 13.4. The van der Waals surface area contributed by atoms with Gasteiger partial charge in [-0.05, 0) is 62.6 Å². The number of nitrogens with zero attached hydrogens (tertiary/aromatic N) is 1. The molecule has 1 aliphatic rings. The van der Waals surface area contributed by atoms with Crippen LogP contribution in [0.3, 0.4) is 0 Å². The lowest BCUT2D eigenvalue weighted by atomic mass is 10.0. The number of hydrogen-bond donors (Lipinski definition) is 1. The van der Waals surface area contributed by atoms with E-state index in [2.05, 4.69) is 5.32 Å². The molecule has 5 nitrogen and oxygen atoms in total. The van der Waals surface area contributed by atoms with E-state index in [9.17, 15) is 9.59 Å². The smallest absolute Gasteiger partial charge is 0.278 e. The van der Waals surface area contributed by atoms with Crippen molar-refractivity contribution < 1.29 is 14.3 Å². The van der Waals surface area contributed by atoms with Gasteiger partial charge in [0.25, 0.3) is 11.8 Å². The van der Waals surface area contributed by atoms with Crippen LogP contribution in [0, 0.1) is 6.92 Å². The highest BCUT2D eigenvalue weighted by molar-refractivity contribution is 6.36. The topological polar surface area (TPSA) is 58.6 Å². The van der Waals surface area contributed by atoms with Crippen molar-refractivity contribution >= 4 is 23.1 Å². The lowest BCUT2D eigenvalue weighted by Crippen LogP contribution is -2.34. The average Bonchev–Trinajstić information content (AvgIpc) is 3.03. The van der Waals surface area contributed by atoms with Gasteiger partial charge in [-0.2, -0.15) is 0 Å². The second-order valence-electron chi connectivity index (χ2n) is 8.43. The fourth-order valence-electron chi connectivity index (χ4n) is 3.80. The van der Waals surface area contributed by atoms with Crippen LogP contribution in [0.1, 0.15) is 30.5 Å². The first-order chi connectivity index (χ1) is 15.9. The molecule has 0 aliphatic carbocycles. The zero-order chi connectivity index (χ0) is 23.4. The molecule has 0 aromatic heterocycles. The molecular weight excluding hydrogens is 412 g/mol. The van der Waals surface area contributed by atoms with E-state index in [1.165, 1.54) is 4.90 Å². The van der Waals surface area contributed by atoms with E-state index in [-0.39, 0.29) is 17.9 Å². The number of carbonyl (C=O) groups is 2. The molecule has 5 heteroatoms. The molecule has 0 radical (unpaired) electrons. The Hall–Kier alpha value is -3.86. The standard InChI is InChI=1S/C28H28N2O3/c1-19(2)33-24-15-13-23(14-16-24)29-26-25(22-11-9-20(3)10-12-22)27(31)30(28(26)32)18-17-21-7-5-4-6-8-21/h4-16,19,29H,17-18H2,1-3H3. The molecule has 2 amide bonds. The van der Waals surface area contributed by atoms with Gasteiger partial charge in [0, 0.05) is 12.2 Å². The summed E-state index contributed by atoms with van der Waals surface area (Å²) in [5.41, 5.74) is 4.31. The molecule has 0 unspecified atom stereocenters. The highest BCUT2D eigenvalue weighted by Gasteiger charge is 2.38. The largest absolute Gasteiger partial charge is 0.491 e. The second kappa shape index (κ2) is 9.74. The maximum Gasteiger partial charge on any atom is 0.278 e. The van der Waals surface area contributed by atoms with Gasteiger partial charge in [0.2, 0.25) is 0 Å². The van der Waals surface area contributed by atoms with E-state index in [0.29, 0.717) is 24.2 Å². The van der Waals surface area contributed by atoms with Crippen molar-refractivity contribution in [1.29, 1.82) is 0 Å². The number of aryl methyl sites for hydroxylation is 1. The van der Waals surface area contributed by atoms with Crippen LogP contribution in [-0.4, -0.2) is 29.4 Å². The lowest BCUT2D eigenvalue weighted by molar-refractivity contribution is -0.136. The Morgan fingerprint density at radius 3 is 2.15 bits per heavy atom. The SMILES string of the molecule is Cc1ccc(C2=C(Nc3ccc(OC(C)C)cc3)C(=O)N(CCc3ccccc3)C2=O)cc1. The molecule has 0 bridgehead atoms. The minimum atomic E-state index is -0.311. The molecule has 3 aromatic rings. The van der Waals surface area contributed by atoms with E-state index >= 15 is 0 Å². The van der Waals surface area contributed by atoms with Crippen molar-refractivity contribution in [3.63, 3.8) is 0 Å². The minimum Gasteiger partial charge on any atom is -0.491 e. The quantitative estimate of drug-likeness (QED) is 0.488. The fraction of sp³-hybridized carbons (Fsp3) is 0.214. The number of nitrogens with one attached hydrogen (secondary N) is 1. The van der Waals surface area contributed by atoms with Crippen molar-refractivity contribution in [2.45, 2.75) is 33.3 Å². The van der Waals surface area contributed by atoms with Crippen LogP contribution in [0.5, 0.6) is 5.75 Å². The van der Waals surface area contributed by atoms with E-state index in [1.807, 2.05) is 99.6 Å². The molecular formula is C28H28N2O3. The Labute approximate surface area is 194 Å². The third-order valence-corrected chi connectivity index (χ3v) is 5.47. The number of carbonyl (C=O) groups excluding carboxylic acids is 2. The number of hydrogen-bond acceptors (Lipinski definition) is 4.